The van der Waals surface area contributed by atoms with E-state index in [9.17, 15) is 9.59 Å². The Morgan fingerprint density at radius 2 is 2.14 bits per heavy atom. The maximum absolute atomic E-state index is 11.1. The van der Waals surface area contributed by atoms with Crippen LogP contribution >= 0.6 is 11.3 Å². The third-order valence-corrected chi connectivity index (χ3v) is 1.83. The van der Waals surface area contributed by atoms with Crippen molar-refractivity contribution in [1.29, 1.82) is 0 Å². The van der Waals surface area contributed by atoms with Crippen molar-refractivity contribution in [3.63, 3.8) is 0 Å². The first kappa shape index (κ1) is 10.3. The monoisotopic (exact) mass is 212 g/mol. The molecule has 0 spiro atoms. The predicted octanol–water partition coefficient (Wildman–Crippen LogP) is -0.221. The number of nitrogens with one attached hydrogen (secondary N) is 2. The number of likely N-dealkylation sites (N-methyl/N-ethyl adjacent to an activating group) is 1. The lowest BCUT2D eigenvalue weighted by atomic mass is 10.4. The topological polar surface area (TPSA) is 84.0 Å². The maximum atomic E-state index is 11.1. The lowest BCUT2D eigenvalue weighted by Gasteiger charge is -1.93. The molecule has 7 heteroatoms. The summed E-state index contributed by atoms with van der Waals surface area (Å²) < 4.78 is 0. The van der Waals surface area contributed by atoms with Crippen molar-refractivity contribution >= 4 is 28.3 Å². The predicted molar refractivity (Wildman–Crippen MR) is 51.7 cm³/mol. The van der Waals surface area contributed by atoms with Gasteiger partial charge in [0.15, 0.2) is 0 Å². The van der Waals surface area contributed by atoms with Crippen LogP contribution < -0.4 is 10.6 Å². The van der Waals surface area contributed by atoms with Gasteiger partial charge in [-0.1, -0.05) is 11.3 Å². The smallest absolute Gasteiger partial charge is 0.250 e. The summed E-state index contributed by atoms with van der Waals surface area (Å²) in [4.78, 5) is 21.8. The average molecular weight is 212 g/mol. The second-order valence-electron chi connectivity index (χ2n) is 2.18. The average Bonchev–Trinajstić information content (AvgIpc) is 2.66. The van der Waals surface area contributed by atoms with E-state index in [1.807, 2.05) is 0 Å². The van der Waals surface area contributed by atoms with Gasteiger partial charge in [-0.05, 0) is 0 Å². The molecule has 1 aromatic heterocycles. The summed E-state index contributed by atoms with van der Waals surface area (Å²) in [6.07, 6.45) is 2.26. The summed E-state index contributed by atoms with van der Waals surface area (Å²) >= 11 is 1.20. The van der Waals surface area contributed by atoms with E-state index in [0.717, 1.165) is 12.2 Å². The van der Waals surface area contributed by atoms with Crippen LogP contribution in [0.5, 0.6) is 0 Å². The number of carbonyl (C=O) groups is 2. The molecule has 1 rings (SSSR count). The Kier molecular flexibility index (Phi) is 3.74. The fraction of sp³-hybridized carbons (Fsp3) is 0.143. The normalized spacial score (nSPS) is 10.1. The van der Waals surface area contributed by atoms with Crippen LogP contribution in [0.2, 0.25) is 0 Å². The fourth-order valence-corrected chi connectivity index (χ4v) is 1.06. The number of aromatic nitrogens is 2. The lowest BCUT2D eigenvalue weighted by molar-refractivity contribution is -0.117. The first-order chi connectivity index (χ1) is 6.72. The Balaban J connectivity index is 2.44. The van der Waals surface area contributed by atoms with Gasteiger partial charge in [0.25, 0.3) is 0 Å². The van der Waals surface area contributed by atoms with Gasteiger partial charge in [-0.3, -0.25) is 14.9 Å². The molecule has 0 saturated heterocycles. The molecule has 0 bridgehead atoms. The SMILES string of the molecule is CNC(=O)/C=C/C(=O)Nc1nncs1. The molecule has 74 valence electrons. The molecular weight excluding hydrogens is 204 g/mol. The minimum atomic E-state index is -0.412. The molecular formula is C7H8N4O2S. The molecule has 1 heterocycles. The summed E-state index contributed by atoms with van der Waals surface area (Å²) in [6.45, 7) is 0. The molecule has 0 aliphatic heterocycles. The molecule has 0 atom stereocenters. The number of amides is 2. The molecule has 0 radical (unpaired) electrons. The molecule has 0 saturated carbocycles. The third kappa shape index (κ3) is 3.31. The first-order valence-electron chi connectivity index (χ1n) is 3.69. The highest BCUT2D eigenvalue weighted by atomic mass is 32.1. The van der Waals surface area contributed by atoms with Crippen LogP contribution in [0.3, 0.4) is 0 Å². The standard InChI is InChI=1S/C7H8N4O2S/c1-8-5(12)2-3-6(13)10-7-11-9-4-14-7/h2-4H,1H3,(H,8,12)(H,10,11,13)/b3-2+. The summed E-state index contributed by atoms with van der Waals surface area (Å²) in [7, 11) is 1.48. The quantitative estimate of drug-likeness (QED) is 0.678. The molecule has 2 N–H and O–H groups in total. The maximum Gasteiger partial charge on any atom is 0.250 e. The van der Waals surface area contributed by atoms with Crippen molar-refractivity contribution < 1.29 is 9.59 Å². The van der Waals surface area contributed by atoms with Crippen LogP contribution in [0, 0.1) is 0 Å². The van der Waals surface area contributed by atoms with E-state index in [4.69, 9.17) is 0 Å². The van der Waals surface area contributed by atoms with Crippen LogP contribution in [-0.4, -0.2) is 29.1 Å². The van der Waals surface area contributed by atoms with E-state index < -0.39 is 5.91 Å². The number of nitrogens with zero attached hydrogens (tertiary/aromatic N) is 2. The molecule has 0 aliphatic carbocycles. The number of anilines is 1. The van der Waals surface area contributed by atoms with Crippen LogP contribution in [0.4, 0.5) is 5.13 Å². The van der Waals surface area contributed by atoms with Gasteiger partial charge in [-0.15, -0.1) is 10.2 Å². The summed E-state index contributed by atoms with van der Waals surface area (Å²) in [5.74, 6) is -0.747. The Morgan fingerprint density at radius 1 is 1.43 bits per heavy atom. The minimum absolute atomic E-state index is 0.336. The molecule has 1 aromatic rings. The lowest BCUT2D eigenvalue weighted by Crippen LogP contribution is -2.16. The zero-order chi connectivity index (χ0) is 10.4. The van der Waals surface area contributed by atoms with Gasteiger partial charge in [0.1, 0.15) is 5.51 Å². The number of carbonyl (C=O) groups excluding carboxylic acids is 2. The Labute approximate surface area is 84.0 Å². The zero-order valence-corrected chi connectivity index (χ0v) is 8.17. The van der Waals surface area contributed by atoms with E-state index in [-0.39, 0.29) is 5.91 Å². The summed E-state index contributed by atoms with van der Waals surface area (Å²) in [5.41, 5.74) is 1.50. The highest BCUT2D eigenvalue weighted by molar-refractivity contribution is 7.13. The number of rotatable bonds is 3. The van der Waals surface area contributed by atoms with Crippen LogP contribution in [0.1, 0.15) is 0 Å². The van der Waals surface area contributed by atoms with Crippen molar-refractivity contribution in [3.05, 3.63) is 17.7 Å². The fourth-order valence-electron chi connectivity index (χ4n) is 0.609. The molecule has 0 aliphatic rings. The molecule has 2 amide bonds. The minimum Gasteiger partial charge on any atom is -0.356 e. The van der Waals surface area contributed by atoms with Gasteiger partial charge in [-0.2, -0.15) is 0 Å². The molecule has 0 unspecified atom stereocenters. The Morgan fingerprint density at radius 3 is 2.71 bits per heavy atom. The van der Waals surface area contributed by atoms with Crippen molar-refractivity contribution in [2.75, 3.05) is 12.4 Å². The van der Waals surface area contributed by atoms with Crippen LogP contribution in [0.15, 0.2) is 17.7 Å². The second kappa shape index (κ2) is 5.07. The van der Waals surface area contributed by atoms with Gasteiger partial charge in [0.05, 0.1) is 0 Å². The van der Waals surface area contributed by atoms with Gasteiger partial charge in [-0.25, -0.2) is 0 Å². The molecule has 0 aromatic carbocycles. The van der Waals surface area contributed by atoms with Crippen LogP contribution in [0.25, 0.3) is 0 Å². The highest BCUT2D eigenvalue weighted by Crippen LogP contribution is 2.07. The first-order valence-corrected chi connectivity index (χ1v) is 4.57. The Hall–Kier alpha value is -1.76. The van der Waals surface area contributed by atoms with Gasteiger partial charge >= 0.3 is 0 Å². The molecule has 0 fully saturated rings. The number of hydrogen-bond donors (Lipinski definition) is 2. The zero-order valence-electron chi connectivity index (χ0n) is 7.35. The van der Waals surface area contributed by atoms with Crippen molar-refractivity contribution in [2.24, 2.45) is 0 Å². The highest BCUT2D eigenvalue weighted by Gasteiger charge is 2.00. The molecule has 14 heavy (non-hydrogen) atoms. The van der Waals surface area contributed by atoms with E-state index in [1.54, 1.807) is 0 Å². The van der Waals surface area contributed by atoms with E-state index in [2.05, 4.69) is 20.8 Å². The number of hydrogen-bond acceptors (Lipinski definition) is 5. The van der Waals surface area contributed by atoms with E-state index in [1.165, 1.54) is 23.9 Å². The largest absolute Gasteiger partial charge is 0.356 e. The Bertz CT molecular complexity index is 347. The van der Waals surface area contributed by atoms with Crippen molar-refractivity contribution in [2.45, 2.75) is 0 Å². The van der Waals surface area contributed by atoms with Gasteiger partial charge in [0, 0.05) is 19.2 Å². The second-order valence-corrected chi connectivity index (χ2v) is 3.01. The van der Waals surface area contributed by atoms with Crippen molar-refractivity contribution in [3.8, 4) is 0 Å². The van der Waals surface area contributed by atoms with E-state index in [0.29, 0.717) is 5.13 Å². The van der Waals surface area contributed by atoms with Gasteiger partial charge in [0.2, 0.25) is 16.9 Å². The third-order valence-electron chi connectivity index (χ3n) is 1.22. The van der Waals surface area contributed by atoms with Gasteiger partial charge < -0.3 is 5.32 Å². The summed E-state index contributed by atoms with van der Waals surface area (Å²) in [6, 6.07) is 0. The molecule has 6 nitrogen and oxygen atoms in total. The summed E-state index contributed by atoms with van der Waals surface area (Å²) in [5, 5.41) is 12.3. The van der Waals surface area contributed by atoms with Crippen LogP contribution in [-0.2, 0) is 9.59 Å². The van der Waals surface area contributed by atoms with E-state index >= 15 is 0 Å². The van der Waals surface area contributed by atoms with Crippen molar-refractivity contribution in [1.82, 2.24) is 15.5 Å².